The van der Waals surface area contributed by atoms with E-state index in [9.17, 15) is 0 Å². The molecule has 0 aromatic heterocycles. The highest BCUT2D eigenvalue weighted by atomic mass is 16.5. The first-order valence-electron chi connectivity index (χ1n) is 13.8. The van der Waals surface area contributed by atoms with Crippen molar-refractivity contribution in [2.45, 2.75) is 110 Å². The van der Waals surface area contributed by atoms with Crippen LogP contribution in [0.3, 0.4) is 0 Å². The van der Waals surface area contributed by atoms with Gasteiger partial charge in [-0.15, -0.1) is 0 Å². The minimum atomic E-state index is 0.723. The molecule has 0 unspecified atom stereocenters. The summed E-state index contributed by atoms with van der Waals surface area (Å²) in [5.41, 5.74) is 2.65. The summed E-state index contributed by atoms with van der Waals surface area (Å²) in [6.45, 7) is 5.08. The predicted octanol–water partition coefficient (Wildman–Crippen LogP) is 8.88. The molecule has 0 atom stereocenters. The minimum absolute atomic E-state index is 0.723. The molecule has 0 bridgehead atoms. The maximum Gasteiger partial charge on any atom is 0.119 e. The van der Waals surface area contributed by atoms with Gasteiger partial charge in [-0.05, 0) is 36.2 Å². The Labute approximate surface area is 204 Å². The van der Waals surface area contributed by atoms with Crippen LogP contribution in [0, 0.1) is 0 Å². The lowest BCUT2D eigenvalue weighted by Gasteiger charge is -2.08. The van der Waals surface area contributed by atoms with E-state index in [1.54, 1.807) is 0 Å². The fourth-order valence-corrected chi connectivity index (χ4v) is 4.31. The first-order chi connectivity index (χ1) is 16.4. The second-order valence-electron chi connectivity index (χ2n) is 9.50. The zero-order chi connectivity index (χ0) is 23.2. The van der Waals surface area contributed by atoms with Crippen LogP contribution < -0.4 is 10.1 Å². The second kappa shape index (κ2) is 19.6. The number of hydrogen-bond donors (Lipinski definition) is 1. The molecule has 0 spiro atoms. The number of unbranched alkanes of at least 4 members (excludes halogenated alkanes) is 13. The molecule has 0 amide bonds. The summed E-state index contributed by atoms with van der Waals surface area (Å²) in [7, 11) is 0. The molecule has 33 heavy (non-hydrogen) atoms. The monoisotopic (exact) mass is 451 g/mol. The summed E-state index contributed by atoms with van der Waals surface area (Å²) < 4.78 is 5.88. The van der Waals surface area contributed by atoms with Crippen molar-refractivity contribution in [3.63, 3.8) is 0 Å². The molecule has 0 fully saturated rings. The first-order valence-corrected chi connectivity index (χ1v) is 13.8. The van der Waals surface area contributed by atoms with Crippen molar-refractivity contribution in [3.8, 4) is 5.75 Å². The van der Waals surface area contributed by atoms with Gasteiger partial charge < -0.3 is 10.1 Å². The smallest absolute Gasteiger partial charge is 0.119 e. The standard InChI is InChI=1S/C31H49NO/c1-2-3-4-5-6-7-8-9-10-11-12-13-14-18-26-32-28-30-21-23-31(24-22-30)33-27-25-29-19-16-15-17-20-29/h15-17,19-24,32H,2-14,18,25-28H2,1H3. The van der Waals surface area contributed by atoms with Crippen molar-refractivity contribution in [2.24, 2.45) is 0 Å². The van der Waals surface area contributed by atoms with Crippen LogP contribution in [-0.2, 0) is 13.0 Å². The number of ether oxygens (including phenoxy) is 1. The number of benzene rings is 2. The van der Waals surface area contributed by atoms with E-state index in [1.165, 1.54) is 101 Å². The predicted molar refractivity (Wildman–Crippen MR) is 144 cm³/mol. The zero-order valence-electron chi connectivity index (χ0n) is 21.3. The lowest BCUT2D eigenvalue weighted by Crippen LogP contribution is -2.14. The van der Waals surface area contributed by atoms with E-state index in [0.29, 0.717) is 0 Å². The maximum atomic E-state index is 5.88. The van der Waals surface area contributed by atoms with Crippen LogP contribution >= 0.6 is 0 Å². The summed E-state index contributed by atoms with van der Waals surface area (Å²) in [5, 5.41) is 3.59. The SMILES string of the molecule is CCCCCCCCCCCCCCCCNCc1ccc(OCCc2ccccc2)cc1. The van der Waals surface area contributed by atoms with E-state index in [4.69, 9.17) is 4.74 Å². The van der Waals surface area contributed by atoms with Gasteiger partial charge in [-0.25, -0.2) is 0 Å². The average molecular weight is 452 g/mol. The fourth-order valence-electron chi connectivity index (χ4n) is 4.31. The Hall–Kier alpha value is -1.80. The van der Waals surface area contributed by atoms with Crippen LogP contribution in [-0.4, -0.2) is 13.2 Å². The summed E-state index contributed by atoms with van der Waals surface area (Å²) in [6, 6.07) is 19.0. The molecule has 2 aromatic rings. The van der Waals surface area contributed by atoms with Gasteiger partial charge in [0.25, 0.3) is 0 Å². The van der Waals surface area contributed by atoms with E-state index < -0.39 is 0 Å². The van der Waals surface area contributed by atoms with Crippen LogP contribution in [0.25, 0.3) is 0 Å². The van der Waals surface area contributed by atoms with Crippen molar-refractivity contribution in [2.75, 3.05) is 13.2 Å². The van der Waals surface area contributed by atoms with Crippen molar-refractivity contribution >= 4 is 0 Å². The van der Waals surface area contributed by atoms with Crippen LogP contribution in [0.5, 0.6) is 5.75 Å². The van der Waals surface area contributed by atoms with Gasteiger partial charge in [-0.1, -0.05) is 133 Å². The van der Waals surface area contributed by atoms with Crippen LogP contribution in [0.2, 0.25) is 0 Å². The van der Waals surface area contributed by atoms with Crippen LogP contribution in [0.4, 0.5) is 0 Å². The third-order valence-corrected chi connectivity index (χ3v) is 6.46. The van der Waals surface area contributed by atoms with Crippen molar-refractivity contribution in [3.05, 3.63) is 65.7 Å². The average Bonchev–Trinajstić information content (AvgIpc) is 2.85. The Kier molecular flexibility index (Phi) is 16.3. The van der Waals surface area contributed by atoms with Gasteiger partial charge in [0.15, 0.2) is 0 Å². The van der Waals surface area contributed by atoms with Crippen molar-refractivity contribution in [1.29, 1.82) is 0 Å². The van der Waals surface area contributed by atoms with E-state index in [1.807, 2.05) is 0 Å². The van der Waals surface area contributed by atoms with Gasteiger partial charge >= 0.3 is 0 Å². The fraction of sp³-hybridized carbons (Fsp3) is 0.613. The Morgan fingerprint density at radius 3 is 1.70 bits per heavy atom. The molecule has 0 aliphatic rings. The Bertz CT molecular complexity index is 667. The highest BCUT2D eigenvalue weighted by Gasteiger charge is 1.98. The molecule has 0 radical (unpaired) electrons. The zero-order valence-corrected chi connectivity index (χ0v) is 21.3. The van der Waals surface area contributed by atoms with Crippen LogP contribution in [0.15, 0.2) is 54.6 Å². The highest BCUT2D eigenvalue weighted by Crippen LogP contribution is 2.14. The Morgan fingerprint density at radius 2 is 1.12 bits per heavy atom. The number of rotatable bonds is 21. The minimum Gasteiger partial charge on any atom is -0.493 e. The quantitative estimate of drug-likeness (QED) is 0.191. The van der Waals surface area contributed by atoms with Gasteiger partial charge in [0.2, 0.25) is 0 Å². The van der Waals surface area contributed by atoms with Gasteiger partial charge in [0.1, 0.15) is 5.75 Å². The number of hydrogen-bond acceptors (Lipinski definition) is 2. The summed E-state index contributed by atoms with van der Waals surface area (Å²) in [4.78, 5) is 0. The largest absolute Gasteiger partial charge is 0.493 e. The van der Waals surface area contributed by atoms with Crippen molar-refractivity contribution in [1.82, 2.24) is 5.32 Å². The highest BCUT2D eigenvalue weighted by molar-refractivity contribution is 5.27. The van der Waals surface area contributed by atoms with Crippen LogP contribution in [0.1, 0.15) is 108 Å². The second-order valence-corrected chi connectivity index (χ2v) is 9.50. The van der Waals surface area contributed by atoms with E-state index in [2.05, 4.69) is 66.8 Å². The molecule has 2 heteroatoms. The van der Waals surface area contributed by atoms with E-state index >= 15 is 0 Å². The summed E-state index contributed by atoms with van der Waals surface area (Å²) in [6.07, 6.45) is 20.8. The Morgan fingerprint density at radius 1 is 0.576 bits per heavy atom. The summed E-state index contributed by atoms with van der Waals surface area (Å²) >= 11 is 0. The molecule has 2 nitrogen and oxygen atoms in total. The maximum absolute atomic E-state index is 5.88. The summed E-state index contributed by atoms with van der Waals surface area (Å²) in [5.74, 6) is 0.960. The van der Waals surface area contributed by atoms with Gasteiger partial charge in [0.05, 0.1) is 6.61 Å². The molecule has 1 N–H and O–H groups in total. The van der Waals surface area contributed by atoms with E-state index in [-0.39, 0.29) is 0 Å². The molecule has 2 aromatic carbocycles. The molecule has 0 saturated heterocycles. The van der Waals surface area contributed by atoms with E-state index in [0.717, 1.165) is 31.9 Å². The van der Waals surface area contributed by atoms with Gasteiger partial charge in [-0.2, -0.15) is 0 Å². The topological polar surface area (TPSA) is 21.3 Å². The lowest BCUT2D eigenvalue weighted by atomic mass is 10.0. The number of nitrogens with one attached hydrogen (secondary N) is 1. The molecule has 0 saturated carbocycles. The lowest BCUT2D eigenvalue weighted by molar-refractivity contribution is 0.322. The van der Waals surface area contributed by atoms with Gasteiger partial charge in [0, 0.05) is 13.0 Å². The molecular weight excluding hydrogens is 402 g/mol. The molecule has 0 heterocycles. The molecule has 0 aliphatic carbocycles. The normalized spacial score (nSPS) is 11.1. The molecule has 184 valence electrons. The molecule has 2 rings (SSSR count). The molecular formula is C31H49NO. The first kappa shape index (κ1) is 27.4. The third-order valence-electron chi connectivity index (χ3n) is 6.46. The van der Waals surface area contributed by atoms with Gasteiger partial charge in [-0.3, -0.25) is 0 Å². The molecule has 0 aliphatic heterocycles. The Balaban J connectivity index is 1.35. The third kappa shape index (κ3) is 14.9. The van der Waals surface area contributed by atoms with Crippen molar-refractivity contribution < 1.29 is 4.74 Å².